The number of amides is 1. The van der Waals surface area contributed by atoms with Gasteiger partial charge in [0, 0.05) is 30.6 Å². The summed E-state index contributed by atoms with van der Waals surface area (Å²) in [5, 5.41) is 13.9. The van der Waals surface area contributed by atoms with Crippen molar-refractivity contribution in [2.75, 3.05) is 16.8 Å². The van der Waals surface area contributed by atoms with E-state index in [1.165, 1.54) is 11.3 Å². The molecule has 5 aromatic rings. The summed E-state index contributed by atoms with van der Waals surface area (Å²) >= 11 is 1.43. The third-order valence-electron chi connectivity index (χ3n) is 9.79. The van der Waals surface area contributed by atoms with Crippen molar-refractivity contribution in [1.82, 2.24) is 9.97 Å². The number of carbonyl (C=O) groups excluding carboxylic acids is 2. The number of ether oxygens (including phenoxy) is 1. The Kier molecular flexibility index (Phi) is 9.39. The lowest BCUT2D eigenvalue weighted by Crippen LogP contribution is -2.33. The van der Waals surface area contributed by atoms with Gasteiger partial charge in [0.1, 0.15) is 17.9 Å². The minimum atomic E-state index is -1.11. The summed E-state index contributed by atoms with van der Waals surface area (Å²) in [6.45, 7) is 3.02. The molecule has 0 unspecified atom stereocenters. The van der Waals surface area contributed by atoms with Gasteiger partial charge in [-0.2, -0.15) is 0 Å². The summed E-state index contributed by atoms with van der Waals surface area (Å²) < 4.78 is 7.46. The Labute approximate surface area is 289 Å². The van der Waals surface area contributed by atoms with Crippen LogP contribution in [-0.4, -0.2) is 45.9 Å². The van der Waals surface area contributed by atoms with Crippen molar-refractivity contribution in [2.45, 2.75) is 64.5 Å². The number of nitrogens with zero attached hydrogens (tertiary/aromatic N) is 3. The van der Waals surface area contributed by atoms with Crippen LogP contribution in [0.3, 0.4) is 0 Å². The molecule has 2 N–H and O–H groups in total. The molecule has 2 aromatic heterocycles. The van der Waals surface area contributed by atoms with Gasteiger partial charge in [0.25, 0.3) is 5.91 Å². The number of aromatic carboxylic acids is 1. The lowest BCUT2D eigenvalue weighted by molar-refractivity contribution is -0.108. The Bertz CT molecular complexity index is 2000. The summed E-state index contributed by atoms with van der Waals surface area (Å²) in [6.07, 6.45) is 7.31. The summed E-state index contributed by atoms with van der Waals surface area (Å²) in [5.74, 6) is 0.533. The Hall–Kier alpha value is -5.09. The first-order valence-electron chi connectivity index (χ1n) is 16.8. The molecule has 0 radical (unpaired) electrons. The number of aromatic nitrogens is 2. The number of nitrogens with one attached hydrogen (secondary N) is 1. The number of hydrogen-bond acceptors (Lipinski definition) is 8. The van der Waals surface area contributed by atoms with Gasteiger partial charge in [-0.3, -0.25) is 10.1 Å². The van der Waals surface area contributed by atoms with Crippen LogP contribution in [0.5, 0.6) is 5.75 Å². The van der Waals surface area contributed by atoms with E-state index in [-0.39, 0.29) is 17.7 Å². The SMILES string of the molecule is Cc1c(O[C@H]2CC[C@H](CCC=O)CC2)cccc1-c1ccc(N2CCc3cccc(C(=O)Nc4nc5ccccc5s4)c3C2)nc1C(=O)O. The van der Waals surface area contributed by atoms with E-state index in [0.29, 0.717) is 53.9 Å². The number of thiazole rings is 1. The van der Waals surface area contributed by atoms with Crippen molar-refractivity contribution in [1.29, 1.82) is 0 Å². The summed E-state index contributed by atoms with van der Waals surface area (Å²) in [6, 6.07) is 23.0. The van der Waals surface area contributed by atoms with E-state index < -0.39 is 5.97 Å². The number of carboxylic acid groups (broad SMARTS) is 1. The quantitative estimate of drug-likeness (QED) is 0.143. The second-order valence-corrected chi connectivity index (χ2v) is 13.9. The number of para-hydroxylation sites is 1. The van der Waals surface area contributed by atoms with E-state index in [2.05, 4.69) is 15.3 Å². The molecule has 0 atom stereocenters. The highest BCUT2D eigenvalue weighted by atomic mass is 32.1. The highest BCUT2D eigenvalue weighted by Gasteiger charge is 2.27. The monoisotopic (exact) mass is 674 g/mol. The van der Waals surface area contributed by atoms with E-state index in [0.717, 1.165) is 76.6 Å². The van der Waals surface area contributed by atoms with Crippen LogP contribution < -0.4 is 15.0 Å². The molecular weight excluding hydrogens is 637 g/mol. The van der Waals surface area contributed by atoms with Gasteiger partial charge in [-0.1, -0.05) is 47.7 Å². The number of carbonyl (C=O) groups is 3. The van der Waals surface area contributed by atoms with Crippen LogP contribution in [-0.2, 0) is 17.8 Å². The number of aldehydes is 1. The minimum absolute atomic E-state index is 0.0268. The standard InChI is InChI=1S/C39H38N4O5S/c1-24-28(9-5-12-33(24)48-27-16-14-25(15-17-27)7-6-22-44)29-18-19-35(41-36(29)38(46)47)43-21-20-26-8-4-10-30(31(26)23-43)37(45)42-39-40-32-11-2-3-13-34(32)49-39/h2-5,8-13,18-19,22,25,27H,6-7,14-17,20-21,23H2,1H3,(H,46,47)(H,40,42,45)/t25-,27-. The number of rotatable bonds is 10. The summed E-state index contributed by atoms with van der Waals surface area (Å²) in [7, 11) is 0. The fourth-order valence-corrected chi connectivity index (χ4v) is 8.00. The molecule has 1 saturated carbocycles. The topological polar surface area (TPSA) is 122 Å². The van der Waals surface area contributed by atoms with Crippen molar-refractivity contribution in [3.05, 3.63) is 101 Å². The Morgan fingerprint density at radius 1 is 0.980 bits per heavy atom. The van der Waals surface area contributed by atoms with Gasteiger partial charge in [0.05, 0.1) is 16.3 Å². The third kappa shape index (κ3) is 6.91. The first kappa shape index (κ1) is 32.5. The molecule has 1 fully saturated rings. The average Bonchev–Trinajstić information content (AvgIpc) is 3.54. The molecule has 1 amide bonds. The van der Waals surface area contributed by atoms with Crippen LogP contribution in [0, 0.1) is 12.8 Å². The number of carboxylic acids is 1. The smallest absolute Gasteiger partial charge is 0.355 e. The van der Waals surface area contributed by atoms with Gasteiger partial charge in [-0.05, 0) is 110 Å². The second-order valence-electron chi connectivity index (χ2n) is 12.9. The number of fused-ring (bicyclic) bond motifs is 2. The Morgan fingerprint density at radius 3 is 2.59 bits per heavy atom. The predicted octanol–water partition coefficient (Wildman–Crippen LogP) is 8.10. The van der Waals surface area contributed by atoms with Crippen molar-refractivity contribution >= 4 is 50.7 Å². The summed E-state index contributed by atoms with van der Waals surface area (Å²) in [4.78, 5) is 48.2. The van der Waals surface area contributed by atoms with Gasteiger partial charge in [0.2, 0.25) is 0 Å². The molecule has 0 bridgehead atoms. The highest BCUT2D eigenvalue weighted by molar-refractivity contribution is 7.22. The molecule has 2 aliphatic rings. The second kappa shape index (κ2) is 14.2. The molecule has 0 saturated heterocycles. The van der Waals surface area contributed by atoms with Gasteiger partial charge in [-0.15, -0.1) is 0 Å². The molecule has 250 valence electrons. The lowest BCUT2D eigenvalue weighted by atomic mass is 9.84. The maximum atomic E-state index is 13.5. The number of anilines is 2. The Balaban J connectivity index is 1.10. The Morgan fingerprint density at radius 2 is 1.80 bits per heavy atom. The fourth-order valence-electron chi connectivity index (χ4n) is 7.14. The average molecular weight is 675 g/mol. The zero-order valence-electron chi connectivity index (χ0n) is 27.4. The minimum Gasteiger partial charge on any atom is -0.490 e. The molecule has 3 aromatic carbocycles. The van der Waals surface area contributed by atoms with E-state index >= 15 is 0 Å². The predicted molar refractivity (Wildman–Crippen MR) is 192 cm³/mol. The first-order chi connectivity index (χ1) is 23.9. The number of hydrogen-bond donors (Lipinski definition) is 2. The molecule has 3 heterocycles. The number of benzene rings is 3. The van der Waals surface area contributed by atoms with E-state index in [9.17, 15) is 19.5 Å². The molecule has 0 spiro atoms. The van der Waals surface area contributed by atoms with Crippen LogP contribution in [0.2, 0.25) is 0 Å². The summed E-state index contributed by atoms with van der Waals surface area (Å²) in [5.41, 5.74) is 5.54. The van der Waals surface area contributed by atoms with Gasteiger partial charge >= 0.3 is 5.97 Å². The molecule has 1 aliphatic heterocycles. The normalized spacial score (nSPS) is 17.4. The fraction of sp³-hybridized carbons (Fsp3) is 0.308. The molecular formula is C39H38N4O5S. The van der Waals surface area contributed by atoms with E-state index in [1.54, 1.807) is 0 Å². The zero-order chi connectivity index (χ0) is 33.9. The maximum absolute atomic E-state index is 13.5. The van der Waals surface area contributed by atoms with Gasteiger partial charge in [-0.25, -0.2) is 14.8 Å². The third-order valence-corrected chi connectivity index (χ3v) is 10.7. The first-order valence-corrected chi connectivity index (χ1v) is 17.7. The van der Waals surface area contributed by atoms with E-state index in [1.807, 2.05) is 84.6 Å². The lowest BCUT2D eigenvalue weighted by Gasteiger charge is -2.31. The highest BCUT2D eigenvalue weighted by Crippen LogP contribution is 2.37. The van der Waals surface area contributed by atoms with Crippen LogP contribution in [0.25, 0.3) is 21.3 Å². The van der Waals surface area contributed by atoms with Crippen LogP contribution in [0.15, 0.2) is 72.8 Å². The van der Waals surface area contributed by atoms with Crippen LogP contribution in [0.4, 0.5) is 10.9 Å². The van der Waals surface area contributed by atoms with Gasteiger partial charge in [0.15, 0.2) is 10.8 Å². The molecule has 10 heteroatoms. The maximum Gasteiger partial charge on any atom is 0.355 e. The zero-order valence-corrected chi connectivity index (χ0v) is 28.2. The molecule has 9 nitrogen and oxygen atoms in total. The van der Waals surface area contributed by atoms with Crippen molar-refractivity contribution in [3.8, 4) is 16.9 Å². The van der Waals surface area contributed by atoms with E-state index in [4.69, 9.17) is 4.74 Å². The number of pyridine rings is 1. The van der Waals surface area contributed by atoms with Crippen LogP contribution >= 0.6 is 11.3 Å². The van der Waals surface area contributed by atoms with Crippen molar-refractivity contribution < 1.29 is 24.2 Å². The van der Waals surface area contributed by atoms with Gasteiger partial charge < -0.3 is 19.5 Å². The van der Waals surface area contributed by atoms with Crippen molar-refractivity contribution in [2.24, 2.45) is 5.92 Å². The molecule has 7 rings (SSSR count). The van der Waals surface area contributed by atoms with Crippen molar-refractivity contribution in [3.63, 3.8) is 0 Å². The van der Waals surface area contributed by atoms with Crippen LogP contribution in [0.1, 0.15) is 76.1 Å². The molecule has 49 heavy (non-hydrogen) atoms. The largest absolute Gasteiger partial charge is 0.490 e. The molecule has 1 aliphatic carbocycles.